The number of amides is 1. The van der Waals surface area contributed by atoms with E-state index in [9.17, 15) is 4.79 Å². The summed E-state index contributed by atoms with van der Waals surface area (Å²) in [5.41, 5.74) is 1.24. The average Bonchev–Trinajstić information content (AvgIpc) is 3.40. The van der Waals surface area contributed by atoms with E-state index in [1.165, 1.54) is 31.2 Å². The lowest BCUT2D eigenvalue weighted by Crippen LogP contribution is -2.39. The molecule has 1 aromatic carbocycles. The number of ether oxygens (including phenoxy) is 1. The number of hydrogen-bond acceptors (Lipinski definition) is 2. The molecule has 3 nitrogen and oxygen atoms in total. The SMILES string of the molecule is COc1cccc([C@H]2C[C@@H]2C(=O)NC(C2CC2)C2CC2)c1. The third-order valence-electron chi connectivity index (χ3n) is 5.22. The Morgan fingerprint density at radius 3 is 2.57 bits per heavy atom. The van der Waals surface area contributed by atoms with Crippen LogP contribution in [0.1, 0.15) is 43.6 Å². The third-order valence-corrected chi connectivity index (χ3v) is 5.22. The molecule has 0 unspecified atom stereocenters. The quantitative estimate of drug-likeness (QED) is 0.872. The molecule has 0 radical (unpaired) electrons. The van der Waals surface area contributed by atoms with Crippen molar-refractivity contribution < 1.29 is 9.53 Å². The zero-order valence-corrected chi connectivity index (χ0v) is 12.5. The summed E-state index contributed by atoms with van der Waals surface area (Å²) in [6.45, 7) is 0. The Morgan fingerprint density at radius 1 is 1.24 bits per heavy atom. The minimum Gasteiger partial charge on any atom is -0.497 e. The Bertz CT molecular complexity index is 536. The van der Waals surface area contributed by atoms with Crippen LogP contribution >= 0.6 is 0 Å². The predicted molar refractivity (Wildman–Crippen MR) is 81.2 cm³/mol. The Kier molecular flexibility index (Phi) is 3.16. The van der Waals surface area contributed by atoms with E-state index in [1.807, 2.05) is 12.1 Å². The van der Waals surface area contributed by atoms with E-state index >= 15 is 0 Å². The molecule has 1 amide bonds. The van der Waals surface area contributed by atoms with Crippen molar-refractivity contribution in [3.05, 3.63) is 29.8 Å². The summed E-state index contributed by atoms with van der Waals surface area (Å²) in [4.78, 5) is 12.5. The first-order chi connectivity index (χ1) is 10.3. The van der Waals surface area contributed by atoms with E-state index in [1.54, 1.807) is 7.11 Å². The minimum atomic E-state index is 0.178. The highest BCUT2D eigenvalue weighted by Crippen LogP contribution is 2.49. The zero-order chi connectivity index (χ0) is 14.4. The van der Waals surface area contributed by atoms with Crippen LogP contribution in [0.4, 0.5) is 0 Å². The first kappa shape index (κ1) is 13.2. The largest absolute Gasteiger partial charge is 0.497 e. The molecule has 3 aliphatic rings. The molecule has 0 saturated heterocycles. The van der Waals surface area contributed by atoms with Crippen molar-refractivity contribution in [2.24, 2.45) is 17.8 Å². The van der Waals surface area contributed by atoms with Gasteiger partial charge in [0.05, 0.1) is 7.11 Å². The van der Waals surface area contributed by atoms with Crippen LogP contribution in [0.25, 0.3) is 0 Å². The van der Waals surface area contributed by atoms with Gasteiger partial charge in [-0.3, -0.25) is 4.79 Å². The molecular formula is C18H23NO2. The molecule has 3 heteroatoms. The fraction of sp³-hybridized carbons (Fsp3) is 0.611. The van der Waals surface area contributed by atoms with Gasteiger partial charge in [-0.1, -0.05) is 12.1 Å². The molecule has 3 saturated carbocycles. The summed E-state index contributed by atoms with van der Waals surface area (Å²) in [7, 11) is 1.69. The predicted octanol–water partition coefficient (Wildman–Crippen LogP) is 3.10. The lowest BCUT2D eigenvalue weighted by molar-refractivity contribution is -0.123. The normalized spacial score (nSPS) is 27.5. The molecule has 21 heavy (non-hydrogen) atoms. The van der Waals surface area contributed by atoms with Gasteiger partial charge in [-0.25, -0.2) is 0 Å². The van der Waals surface area contributed by atoms with Crippen LogP contribution in [0.2, 0.25) is 0 Å². The van der Waals surface area contributed by atoms with Gasteiger partial charge < -0.3 is 10.1 Å². The standard InChI is InChI=1S/C18H23NO2/c1-21-14-4-2-3-13(9-14)15-10-16(15)18(20)19-17(11-5-6-11)12-7-8-12/h2-4,9,11-12,15-17H,5-8,10H2,1H3,(H,19,20)/t15-,16+/m1/s1. The van der Waals surface area contributed by atoms with E-state index in [0.717, 1.165) is 24.0 Å². The number of nitrogens with one attached hydrogen (secondary N) is 1. The van der Waals surface area contributed by atoms with Crippen LogP contribution in [0.15, 0.2) is 24.3 Å². The highest BCUT2D eigenvalue weighted by molar-refractivity contribution is 5.83. The van der Waals surface area contributed by atoms with Gasteiger partial charge in [0, 0.05) is 12.0 Å². The van der Waals surface area contributed by atoms with Gasteiger partial charge in [0.25, 0.3) is 0 Å². The van der Waals surface area contributed by atoms with Gasteiger partial charge in [0.2, 0.25) is 5.91 Å². The summed E-state index contributed by atoms with van der Waals surface area (Å²) >= 11 is 0. The molecule has 1 N–H and O–H groups in total. The van der Waals surface area contributed by atoms with Gasteiger partial charge in [0.15, 0.2) is 0 Å². The van der Waals surface area contributed by atoms with Gasteiger partial charge >= 0.3 is 0 Å². The zero-order valence-electron chi connectivity index (χ0n) is 12.5. The fourth-order valence-electron chi connectivity index (χ4n) is 3.53. The van der Waals surface area contributed by atoms with Crippen molar-refractivity contribution in [3.8, 4) is 5.75 Å². The second kappa shape index (κ2) is 5.04. The highest BCUT2D eigenvalue weighted by atomic mass is 16.5. The molecule has 4 rings (SSSR count). The van der Waals surface area contributed by atoms with Gasteiger partial charge in [0.1, 0.15) is 5.75 Å². The van der Waals surface area contributed by atoms with Crippen molar-refractivity contribution in [2.45, 2.75) is 44.1 Å². The molecule has 0 heterocycles. The van der Waals surface area contributed by atoms with E-state index in [2.05, 4.69) is 17.4 Å². The summed E-state index contributed by atoms with van der Waals surface area (Å²) in [5.74, 6) is 3.28. The molecule has 3 aliphatic carbocycles. The van der Waals surface area contributed by atoms with Crippen LogP contribution in [-0.4, -0.2) is 19.1 Å². The van der Waals surface area contributed by atoms with Crippen molar-refractivity contribution in [2.75, 3.05) is 7.11 Å². The van der Waals surface area contributed by atoms with Crippen LogP contribution in [-0.2, 0) is 4.79 Å². The maximum Gasteiger partial charge on any atom is 0.223 e. The fourth-order valence-corrected chi connectivity index (χ4v) is 3.53. The first-order valence-electron chi connectivity index (χ1n) is 8.20. The lowest BCUT2D eigenvalue weighted by atomic mass is 10.1. The molecular weight excluding hydrogens is 262 g/mol. The lowest BCUT2D eigenvalue weighted by Gasteiger charge is -2.17. The van der Waals surface area contributed by atoms with Gasteiger partial charge in [-0.2, -0.15) is 0 Å². The number of carbonyl (C=O) groups is 1. The van der Waals surface area contributed by atoms with Crippen LogP contribution < -0.4 is 10.1 Å². The summed E-state index contributed by atoms with van der Waals surface area (Å²) < 4.78 is 5.27. The van der Waals surface area contributed by atoms with Crippen molar-refractivity contribution >= 4 is 5.91 Å². The highest BCUT2D eigenvalue weighted by Gasteiger charge is 2.48. The van der Waals surface area contributed by atoms with Crippen LogP contribution in [0.3, 0.4) is 0 Å². The number of methoxy groups -OCH3 is 1. The molecule has 0 bridgehead atoms. The monoisotopic (exact) mass is 285 g/mol. The van der Waals surface area contributed by atoms with E-state index in [0.29, 0.717) is 12.0 Å². The summed E-state index contributed by atoms with van der Waals surface area (Å²) in [6.07, 6.45) is 6.23. The van der Waals surface area contributed by atoms with E-state index in [-0.39, 0.29) is 11.8 Å². The summed E-state index contributed by atoms with van der Waals surface area (Å²) in [5, 5.41) is 3.36. The Balaban J connectivity index is 1.38. The van der Waals surface area contributed by atoms with Crippen LogP contribution in [0, 0.1) is 17.8 Å². The van der Waals surface area contributed by atoms with Gasteiger partial charge in [-0.05, 0) is 67.6 Å². The Morgan fingerprint density at radius 2 is 1.95 bits per heavy atom. The molecule has 112 valence electrons. The van der Waals surface area contributed by atoms with Crippen molar-refractivity contribution in [1.82, 2.24) is 5.32 Å². The maximum atomic E-state index is 12.5. The number of rotatable bonds is 6. The topological polar surface area (TPSA) is 38.3 Å². The number of benzene rings is 1. The molecule has 0 spiro atoms. The molecule has 2 atom stereocenters. The molecule has 0 aliphatic heterocycles. The van der Waals surface area contributed by atoms with E-state index in [4.69, 9.17) is 4.74 Å². The second-order valence-corrected chi connectivity index (χ2v) is 6.93. The average molecular weight is 285 g/mol. The van der Waals surface area contributed by atoms with Gasteiger partial charge in [-0.15, -0.1) is 0 Å². The summed E-state index contributed by atoms with van der Waals surface area (Å²) in [6, 6.07) is 8.62. The van der Waals surface area contributed by atoms with Crippen molar-refractivity contribution in [1.29, 1.82) is 0 Å². The smallest absolute Gasteiger partial charge is 0.223 e. The molecule has 1 aromatic rings. The minimum absolute atomic E-state index is 0.178. The first-order valence-corrected chi connectivity index (χ1v) is 8.20. The number of hydrogen-bond donors (Lipinski definition) is 1. The van der Waals surface area contributed by atoms with E-state index < -0.39 is 0 Å². The third kappa shape index (κ3) is 2.78. The molecule has 0 aromatic heterocycles. The Labute approximate surface area is 126 Å². The van der Waals surface area contributed by atoms with Crippen LogP contribution in [0.5, 0.6) is 5.75 Å². The molecule has 3 fully saturated rings. The number of carbonyl (C=O) groups excluding carboxylic acids is 1. The second-order valence-electron chi connectivity index (χ2n) is 6.93. The maximum absolute atomic E-state index is 12.5. The Hall–Kier alpha value is -1.51. The van der Waals surface area contributed by atoms with Crippen molar-refractivity contribution in [3.63, 3.8) is 0 Å².